The number of amides is 1. The van der Waals surface area contributed by atoms with Gasteiger partial charge in [-0.2, -0.15) is 0 Å². The third kappa shape index (κ3) is 3.78. The zero-order chi connectivity index (χ0) is 15.4. The Labute approximate surface area is 131 Å². The molecule has 0 saturated carbocycles. The lowest BCUT2D eigenvalue weighted by Gasteiger charge is -2.38. The van der Waals surface area contributed by atoms with Crippen molar-refractivity contribution < 1.29 is 14.3 Å². The average Bonchev–Trinajstić information content (AvgIpc) is 3.02. The predicted octanol–water partition coefficient (Wildman–Crippen LogP) is 1.42. The maximum absolute atomic E-state index is 11.5. The normalized spacial score (nSPS) is 22.3. The SMILES string of the molecule is CNC(=O)C1CN(Cc2ccc(OCC3CCCO3)cc2)C1. The van der Waals surface area contributed by atoms with Gasteiger partial charge in [-0.05, 0) is 30.5 Å². The second kappa shape index (κ2) is 7.11. The second-order valence-electron chi connectivity index (χ2n) is 6.10. The molecule has 2 aliphatic rings. The Bertz CT molecular complexity index is 491. The van der Waals surface area contributed by atoms with Gasteiger partial charge in [-0.15, -0.1) is 0 Å². The number of nitrogens with zero attached hydrogens (tertiary/aromatic N) is 1. The summed E-state index contributed by atoms with van der Waals surface area (Å²) in [6.45, 7) is 4.08. The van der Waals surface area contributed by atoms with Gasteiger partial charge in [0.1, 0.15) is 12.4 Å². The Balaban J connectivity index is 1.41. The summed E-state index contributed by atoms with van der Waals surface area (Å²) in [7, 11) is 1.69. The molecule has 1 atom stereocenters. The van der Waals surface area contributed by atoms with Crippen LogP contribution in [0.5, 0.6) is 5.75 Å². The van der Waals surface area contributed by atoms with Crippen LogP contribution in [0, 0.1) is 5.92 Å². The first-order chi connectivity index (χ1) is 10.7. The number of likely N-dealkylation sites (tertiary alicyclic amines) is 1. The number of nitrogens with one attached hydrogen (secondary N) is 1. The summed E-state index contributed by atoms with van der Waals surface area (Å²) in [5.41, 5.74) is 1.25. The fourth-order valence-electron chi connectivity index (χ4n) is 2.98. The monoisotopic (exact) mass is 304 g/mol. The molecule has 2 heterocycles. The Morgan fingerprint density at radius 3 is 2.77 bits per heavy atom. The first kappa shape index (κ1) is 15.3. The van der Waals surface area contributed by atoms with E-state index in [1.807, 2.05) is 12.1 Å². The molecular formula is C17H24N2O3. The van der Waals surface area contributed by atoms with Crippen molar-refractivity contribution in [3.8, 4) is 5.75 Å². The van der Waals surface area contributed by atoms with E-state index in [1.165, 1.54) is 5.56 Å². The van der Waals surface area contributed by atoms with Gasteiger partial charge in [0.2, 0.25) is 5.91 Å². The van der Waals surface area contributed by atoms with Crippen molar-refractivity contribution in [1.82, 2.24) is 10.2 Å². The number of hydrogen-bond acceptors (Lipinski definition) is 4. The van der Waals surface area contributed by atoms with Crippen LogP contribution in [-0.2, 0) is 16.1 Å². The number of carbonyl (C=O) groups excluding carboxylic acids is 1. The zero-order valence-electron chi connectivity index (χ0n) is 13.1. The third-order valence-corrected chi connectivity index (χ3v) is 4.36. The highest BCUT2D eigenvalue weighted by molar-refractivity contribution is 5.79. The summed E-state index contributed by atoms with van der Waals surface area (Å²) < 4.78 is 11.3. The number of hydrogen-bond donors (Lipinski definition) is 1. The molecule has 0 aromatic heterocycles. The van der Waals surface area contributed by atoms with Gasteiger partial charge < -0.3 is 14.8 Å². The largest absolute Gasteiger partial charge is 0.491 e. The summed E-state index contributed by atoms with van der Waals surface area (Å²) in [6.07, 6.45) is 2.49. The lowest BCUT2D eigenvalue weighted by molar-refractivity contribution is -0.129. The van der Waals surface area contributed by atoms with E-state index >= 15 is 0 Å². The van der Waals surface area contributed by atoms with E-state index in [1.54, 1.807) is 7.05 Å². The van der Waals surface area contributed by atoms with E-state index in [2.05, 4.69) is 22.3 Å². The van der Waals surface area contributed by atoms with Crippen molar-refractivity contribution in [3.05, 3.63) is 29.8 Å². The van der Waals surface area contributed by atoms with Crippen LogP contribution in [0.1, 0.15) is 18.4 Å². The molecule has 1 unspecified atom stereocenters. The van der Waals surface area contributed by atoms with Crippen LogP contribution in [0.3, 0.4) is 0 Å². The van der Waals surface area contributed by atoms with Crippen molar-refractivity contribution in [2.24, 2.45) is 5.92 Å². The molecule has 2 saturated heterocycles. The number of benzene rings is 1. The summed E-state index contributed by atoms with van der Waals surface area (Å²) in [5.74, 6) is 1.19. The molecule has 1 amide bonds. The van der Waals surface area contributed by atoms with Crippen LogP contribution < -0.4 is 10.1 Å². The number of ether oxygens (including phenoxy) is 2. The van der Waals surface area contributed by atoms with Gasteiger partial charge in [-0.25, -0.2) is 0 Å². The minimum Gasteiger partial charge on any atom is -0.491 e. The molecule has 22 heavy (non-hydrogen) atoms. The Morgan fingerprint density at radius 1 is 1.36 bits per heavy atom. The molecule has 0 bridgehead atoms. The van der Waals surface area contributed by atoms with Crippen LogP contribution in [0.15, 0.2) is 24.3 Å². The molecule has 5 heteroatoms. The van der Waals surface area contributed by atoms with Crippen molar-refractivity contribution in [2.75, 3.05) is 33.4 Å². The molecule has 1 aromatic rings. The fourth-order valence-corrected chi connectivity index (χ4v) is 2.98. The van der Waals surface area contributed by atoms with Crippen LogP contribution in [0.4, 0.5) is 0 Å². The van der Waals surface area contributed by atoms with Crippen LogP contribution in [-0.4, -0.2) is 50.3 Å². The van der Waals surface area contributed by atoms with Crippen molar-refractivity contribution in [3.63, 3.8) is 0 Å². The lowest BCUT2D eigenvalue weighted by atomic mass is 9.98. The van der Waals surface area contributed by atoms with Crippen LogP contribution in [0.2, 0.25) is 0 Å². The van der Waals surface area contributed by atoms with E-state index in [9.17, 15) is 4.79 Å². The number of carbonyl (C=O) groups is 1. The van der Waals surface area contributed by atoms with Gasteiger partial charge in [0.25, 0.3) is 0 Å². The highest BCUT2D eigenvalue weighted by Crippen LogP contribution is 2.21. The van der Waals surface area contributed by atoms with E-state index in [-0.39, 0.29) is 17.9 Å². The molecule has 0 spiro atoms. The van der Waals surface area contributed by atoms with Crippen molar-refractivity contribution >= 4 is 5.91 Å². The van der Waals surface area contributed by atoms with Gasteiger partial charge in [-0.1, -0.05) is 12.1 Å². The van der Waals surface area contributed by atoms with Gasteiger partial charge in [-0.3, -0.25) is 9.69 Å². The summed E-state index contributed by atoms with van der Waals surface area (Å²) in [6, 6.07) is 8.22. The van der Waals surface area contributed by atoms with Gasteiger partial charge in [0, 0.05) is 33.3 Å². The highest BCUT2D eigenvalue weighted by atomic mass is 16.5. The smallest absolute Gasteiger partial charge is 0.225 e. The average molecular weight is 304 g/mol. The van der Waals surface area contributed by atoms with Gasteiger partial charge in [0.05, 0.1) is 12.0 Å². The molecule has 3 rings (SSSR count). The maximum atomic E-state index is 11.5. The van der Waals surface area contributed by atoms with E-state index in [0.29, 0.717) is 6.61 Å². The first-order valence-electron chi connectivity index (χ1n) is 8.02. The standard InChI is InChI=1S/C17H24N2O3/c1-18-17(20)14-10-19(11-14)9-13-4-6-15(7-5-13)22-12-16-3-2-8-21-16/h4-7,14,16H,2-3,8-12H2,1H3,(H,18,20). The van der Waals surface area contributed by atoms with E-state index in [4.69, 9.17) is 9.47 Å². The number of rotatable bonds is 6. The minimum atomic E-state index is 0.147. The molecule has 2 fully saturated rings. The first-order valence-corrected chi connectivity index (χ1v) is 8.02. The van der Waals surface area contributed by atoms with E-state index in [0.717, 1.165) is 44.8 Å². The topological polar surface area (TPSA) is 50.8 Å². The van der Waals surface area contributed by atoms with Gasteiger partial charge in [0.15, 0.2) is 0 Å². The second-order valence-corrected chi connectivity index (χ2v) is 6.10. The van der Waals surface area contributed by atoms with Crippen LogP contribution >= 0.6 is 0 Å². The molecule has 0 radical (unpaired) electrons. The summed E-state index contributed by atoms with van der Waals surface area (Å²) in [5, 5.41) is 2.70. The molecule has 5 nitrogen and oxygen atoms in total. The highest BCUT2D eigenvalue weighted by Gasteiger charge is 2.31. The molecule has 2 aliphatic heterocycles. The maximum Gasteiger partial charge on any atom is 0.225 e. The summed E-state index contributed by atoms with van der Waals surface area (Å²) in [4.78, 5) is 13.7. The molecular weight excluding hydrogens is 280 g/mol. The molecule has 0 aliphatic carbocycles. The Morgan fingerprint density at radius 2 is 2.14 bits per heavy atom. The minimum absolute atomic E-state index is 0.147. The Hall–Kier alpha value is -1.59. The van der Waals surface area contributed by atoms with Crippen LogP contribution in [0.25, 0.3) is 0 Å². The van der Waals surface area contributed by atoms with Gasteiger partial charge >= 0.3 is 0 Å². The molecule has 1 N–H and O–H groups in total. The molecule has 1 aromatic carbocycles. The summed E-state index contributed by atoms with van der Waals surface area (Å²) >= 11 is 0. The lowest BCUT2D eigenvalue weighted by Crippen LogP contribution is -2.52. The Kier molecular flexibility index (Phi) is 4.95. The third-order valence-electron chi connectivity index (χ3n) is 4.36. The zero-order valence-corrected chi connectivity index (χ0v) is 13.1. The molecule has 120 valence electrons. The fraction of sp³-hybridized carbons (Fsp3) is 0.588. The predicted molar refractivity (Wildman–Crippen MR) is 83.7 cm³/mol. The van der Waals surface area contributed by atoms with E-state index < -0.39 is 0 Å². The van der Waals surface area contributed by atoms with Crippen molar-refractivity contribution in [1.29, 1.82) is 0 Å². The quantitative estimate of drug-likeness (QED) is 0.863. The van der Waals surface area contributed by atoms with Crippen molar-refractivity contribution in [2.45, 2.75) is 25.5 Å².